The quantitative estimate of drug-likeness (QED) is 0.765. The zero-order valence-electron chi connectivity index (χ0n) is 17.6. The SMILES string of the molecule is C=CC1=C(C=C)C2(CCN(C(=O)OC(C)(C)C)CC2)C(=O)N1.CC.CC. The van der Waals surface area contributed by atoms with Gasteiger partial charge in [0.15, 0.2) is 0 Å². The van der Waals surface area contributed by atoms with Crippen LogP contribution < -0.4 is 5.32 Å². The van der Waals surface area contributed by atoms with Gasteiger partial charge >= 0.3 is 6.09 Å². The van der Waals surface area contributed by atoms with Gasteiger partial charge in [0.1, 0.15) is 5.60 Å². The Balaban J connectivity index is 0.00000146. The third kappa shape index (κ3) is 5.23. The number of nitrogens with zero attached hydrogens (tertiary/aromatic N) is 1. The monoisotopic (exact) mass is 364 g/mol. The first-order valence-electron chi connectivity index (χ1n) is 9.52. The van der Waals surface area contributed by atoms with Gasteiger partial charge in [0, 0.05) is 18.8 Å². The number of likely N-dealkylation sites (tertiary alicyclic amines) is 1. The van der Waals surface area contributed by atoms with Crippen LogP contribution in [0.15, 0.2) is 36.6 Å². The minimum absolute atomic E-state index is 0.0267. The molecule has 0 unspecified atom stereocenters. The third-order valence-electron chi connectivity index (χ3n) is 4.17. The predicted molar refractivity (Wildman–Crippen MR) is 108 cm³/mol. The first-order chi connectivity index (χ1) is 12.2. The number of carbonyl (C=O) groups excluding carboxylic acids is 2. The highest BCUT2D eigenvalue weighted by Gasteiger charge is 2.49. The van der Waals surface area contributed by atoms with Crippen LogP contribution in [0.2, 0.25) is 0 Å². The van der Waals surface area contributed by atoms with Gasteiger partial charge in [-0.3, -0.25) is 4.79 Å². The van der Waals surface area contributed by atoms with E-state index < -0.39 is 11.0 Å². The molecule has 0 aromatic rings. The van der Waals surface area contributed by atoms with E-state index in [9.17, 15) is 9.59 Å². The molecule has 0 bridgehead atoms. The number of nitrogens with one attached hydrogen (secondary N) is 1. The van der Waals surface area contributed by atoms with E-state index in [0.29, 0.717) is 25.9 Å². The fourth-order valence-electron chi connectivity index (χ4n) is 3.05. The van der Waals surface area contributed by atoms with Gasteiger partial charge in [-0.05, 0) is 45.3 Å². The Bertz CT molecular complexity index is 548. The van der Waals surface area contributed by atoms with Gasteiger partial charge in [-0.25, -0.2) is 4.79 Å². The van der Waals surface area contributed by atoms with E-state index >= 15 is 0 Å². The molecule has 1 fully saturated rings. The lowest BCUT2D eigenvalue weighted by atomic mass is 9.73. The zero-order chi connectivity index (χ0) is 20.5. The average molecular weight is 365 g/mol. The Morgan fingerprint density at radius 2 is 1.62 bits per heavy atom. The second kappa shape index (κ2) is 10.2. The lowest BCUT2D eigenvalue weighted by Crippen LogP contribution is -2.48. The summed E-state index contributed by atoms with van der Waals surface area (Å²) in [5.74, 6) is -0.0267. The van der Waals surface area contributed by atoms with Crippen molar-refractivity contribution in [1.82, 2.24) is 10.2 Å². The van der Waals surface area contributed by atoms with Crippen LogP contribution in [0, 0.1) is 5.41 Å². The summed E-state index contributed by atoms with van der Waals surface area (Å²) in [6, 6.07) is 0. The summed E-state index contributed by atoms with van der Waals surface area (Å²) in [5, 5.41) is 2.86. The van der Waals surface area contributed by atoms with Crippen molar-refractivity contribution in [2.75, 3.05) is 13.1 Å². The van der Waals surface area contributed by atoms with Crippen molar-refractivity contribution in [1.29, 1.82) is 0 Å². The predicted octanol–water partition coefficient (Wildman–Crippen LogP) is 4.81. The molecule has 0 atom stereocenters. The molecule has 2 amide bonds. The molecule has 5 heteroatoms. The van der Waals surface area contributed by atoms with E-state index in [-0.39, 0.29) is 12.0 Å². The van der Waals surface area contributed by atoms with Crippen LogP contribution in [-0.2, 0) is 9.53 Å². The lowest BCUT2D eigenvalue weighted by Gasteiger charge is -2.38. The molecule has 0 aromatic carbocycles. The fourth-order valence-corrected chi connectivity index (χ4v) is 3.05. The topological polar surface area (TPSA) is 58.6 Å². The molecular formula is C21H36N2O3. The number of allylic oxidation sites excluding steroid dienone is 2. The van der Waals surface area contributed by atoms with Crippen LogP contribution in [0.3, 0.4) is 0 Å². The van der Waals surface area contributed by atoms with Crippen molar-refractivity contribution in [2.24, 2.45) is 5.41 Å². The van der Waals surface area contributed by atoms with Gasteiger partial charge in [0.05, 0.1) is 5.41 Å². The second-order valence-electron chi connectivity index (χ2n) is 6.74. The van der Waals surface area contributed by atoms with Crippen LogP contribution in [0.4, 0.5) is 4.79 Å². The number of rotatable bonds is 2. The number of piperidine rings is 1. The van der Waals surface area contributed by atoms with Crippen LogP contribution in [0.1, 0.15) is 61.3 Å². The van der Waals surface area contributed by atoms with E-state index in [2.05, 4.69) is 18.5 Å². The third-order valence-corrected chi connectivity index (χ3v) is 4.17. The molecule has 148 valence electrons. The van der Waals surface area contributed by atoms with Crippen LogP contribution in [0.25, 0.3) is 0 Å². The smallest absolute Gasteiger partial charge is 0.410 e. The molecule has 0 aliphatic carbocycles. The lowest BCUT2D eigenvalue weighted by molar-refractivity contribution is -0.128. The Morgan fingerprint density at radius 3 is 2.00 bits per heavy atom. The minimum Gasteiger partial charge on any atom is -0.444 e. The van der Waals surface area contributed by atoms with Crippen molar-refractivity contribution < 1.29 is 14.3 Å². The number of hydrogen-bond acceptors (Lipinski definition) is 3. The summed E-state index contributed by atoms with van der Waals surface area (Å²) in [7, 11) is 0. The second-order valence-corrected chi connectivity index (χ2v) is 6.74. The summed E-state index contributed by atoms with van der Waals surface area (Å²) in [5.41, 5.74) is 0.505. The molecule has 1 saturated heterocycles. The number of hydrogen-bond donors (Lipinski definition) is 1. The molecule has 26 heavy (non-hydrogen) atoms. The van der Waals surface area contributed by atoms with Gasteiger partial charge in [-0.2, -0.15) is 0 Å². The molecule has 2 rings (SSSR count). The molecule has 0 radical (unpaired) electrons. The van der Waals surface area contributed by atoms with Gasteiger partial charge < -0.3 is 15.0 Å². The molecule has 2 aliphatic rings. The van der Waals surface area contributed by atoms with Gasteiger partial charge in [-0.1, -0.05) is 46.9 Å². The molecule has 1 N–H and O–H groups in total. The van der Waals surface area contributed by atoms with Gasteiger partial charge in [0.25, 0.3) is 0 Å². The first-order valence-corrected chi connectivity index (χ1v) is 9.52. The maximum Gasteiger partial charge on any atom is 0.410 e. The van der Waals surface area contributed by atoms with Gasteiger partial charge in [-0.15, -0.1) is 0 Å². The molecule has 2 heterocycles. The highest BCUT2D eigenvalue weighted by molar-refractivity contribution is 5.93. The van der Waals surface area contributed by atoms with Crippen LogP contribution in [0.5, 0.6) is 0 Å². The zero-order valence-corrected chi connectivity index (χ0v) is 17.6. The largest absolute Gasteiger partial charge is 0.444 e. The molecule has 0 aromatic heterocycles. The standard InChI is InChI=1S/C17H24N2O3.2C2H6/c1-6-12-13(7-2)18-14(20)17(12)8-10-19(11-9-17)15(21)22-16(3,4)5;2*1-2/h6-7H,1-2,8-11H2,3-5H3,(H,18,20);2*1-2H3. The van der Waals surface area contributed by atoms with Crippen molar-refractivity contribution >= 4 is 12.0 Å². The normalized spacial score (nSPS) is 18.1. The van der Waals surface area contributed by atoms with Crippen molar-refractivity contribution in [3.8, 4) is 0 Å². The Morgan fingerprint density at radius 1 is 1.12 bits per heavy atom. The number of amides is 2. The summed E-state index contributed by atoms with van der Waals surface area (Å²) < 4.78 is 5.39. The average Bonchev–Trinajstić information content (AvgIpc) is 2.88. The van der Waals surface area contributed by atoms with Gasteiger partial charge in [0.2, 0.25) is 5.91 Å². The molecule has 1 spiro atoms. The Hall–Kier alpha value is -2.04. The van der Waals surface area contributed by atoms with E-state index in [1.807, 2.05) is 48.5 Å². The maximum atomic E-state index is 12.4. The summed E-state index contributed by atoms with van der Waals surface area (Å²) in [6.45, 7) is 22.1. The Kier molecular flexibility index (Phi) is 9.39. The summed E-state index contributed by atoms with van der Waals surface area (Å²) in [6.07, 6.45) is 4.17. The highest BCUT2D eigenvalue weighted by atomic mass is 16.6. The van der Waals surface area contributed by atoms with E-state index in [4.69, 9.17) is 4.74 Å². The fraction of sp³-hybridized carbons (Fsp3) is 0.619. The van der Waals surface area contributed by atoms with Crippen molar-refractivity contribution in [3.63, 3.8) is 0 Å². The maximum absolute atomic E-state index is 12.4. The molecule has 5 nitrogen and oxygen atoms in total. The van der Waals surface area contributed by atoms with Crippen LogP contribution in [-0.4, -0.2) is 35.6 Å². The number of carbonyl (C=O) groups is 2. The van der Waals surface area contributed by atoms with Crippen molar-refractivity contribution in [2.45, 2.75) is 66.9 Å². The van der Waals surface area contributed by atoms with E-state index in [0.717, 1.165) is 11.3 Å². The van der Waals surface area contributed by atoms with E-state index in [1.54, 1.807) is 17.1 Å². The minimum atomic E-state index is -0.593. The highest BCUT2D eigenvalue weighted by Crippen LogP contribution is 2.44. The van der Waals surface area contributed by atoms with Crippen molar-refractivity contribution in [3.05, 3.63) is 36.6 Å². The van der Waals surface area contributed by atoms with Crippen LogP contribution >= 0.6 is 0 Å². The molecular weight excluding hydrogens is 328 g/mol. The summed E-state index contributed by atoms with van der Waals surface area (Å²) in [4.78, 5) is 26.2. The first kappa shape index (κ1) is 24.0. The molecule has 2 aliphatic heterocycles. The number of ether oxygens (including phenoxy) is 1. The molecule has 0 saturated carbocycles. The Labute approximate surface area is 159 Å². The summed E-state index contributed by atoms with van der Waals surface area (Å²) >= 11 is 0. The van der Waals surface area contributed by atoms with E-state index in [1.165, 1.54) is 0 Å².